The summed E-state index contributed by atoms with van der Waals surface area (Å²) in [6, 6.07) is 17.2. The Morgan fingerprint density at radius 1 is 1.00 bits per heavy atom. The van der Waals surface area contributed by atoms with Gasteiger partial charge in [-0.25, -0.2) is 0 Å². The van der Waals surface area contributed by atoms with Crippen molar-refractivity contribution in [2.75, 3.05) is 5.32 Å². The van der Waals surface area contributed by atoms with Crippen LogP contribution in [0.5, 0.6) is 0 Å². The second kappa shape index (κ2) is 11.8. The lowest BCUT2D eigenvalue weighted by Crippen LogP contribution is -2.33. The van der Waals surface area contributed by atoms with Gasteiger partial charge in [0, 0.05) is 22.1 Å². The van der Waals surface area contributed by atoms with E-state index in [1.807, 2.05) is 54.6 Å². The number of anilines is 1. The highest BCUT2D eigenvalue weighted by atomic mass is 32.2. The van der Waals surface area contributed by atoms with Gasteiger partial charge >= 0.3 is 0 Å². The van der Waals surface area contributed by atoms with Crippen LogP contribution in [0.25, 0.3) is 0 Å². The monoisotopic (exact) mass is 507 g/mol. The maximum absolute atomic E-state index is 13.2. The number of ether oxygens (including phenoxy) is 2. The first-order chi connectivity index (χ1) is 17.6. The van der Waals surface area contributed by atoms with E-state index in [0.717, 1.165) is 23.2 Å². The fraction of sp³-hybridized carbons (Fsp3) is 0.500. The van der Waals surface area contributed by atoms with E-state index in [4.69, 9.17) is 9.47 Å². The van der Waals surface area contributed by atoms with Crippen molar-refractivity contribution in [1.29, 1.82) is 0 Å². The normalized spacial score (nSPS) is 25.6. The molecule has 2 heterocycles. The van der Waals surface area contributed by atoms with Crippen molar-refractivity contribution in [3.05, 3.63) is 77.6 Å². The van der Waals surface area contributed by atoms with Crippen LogP contribution in [0.3, 0.4) is 0 Å². The molecule has 3 aliphatic rings. The second-order valence-electron chi connectivity index (χ2n) is 10.4. The van der Waals surface area contributed by atoms with Crippen molar-refractivity contribution in [1.82, 2.24) is 0 Å². The molecular weight excluding hydrogens is 470 g/mol. The molecule has 5 nitrogen and oxygen atoms in total. The number of carbonyl (C=O) groups is 1. The summed E-state index contributed by atoms with van der Waals surface area (Å²) < 4.78 is 12.7. The van der Waals surface area contributed by atoms with Crippen LogP contribution in [-0.4, -0.2) is 27.3 Å². The van der Waals surface area contributed by atoms with Crippen molar-refractivity contribution in [2.24, 2.45) is 5.92 Å². The number of thioether (sulfide) groups is 1. The van der Waals surface area contributed by atoms with E-state index in [1.165, 1.54) is 51.4 Å². The number of para-hydroxylation sites is 1. The van der Waals surface area contributed by atoms with E-state index in [1.54, 1.807) is 0 Å². The first-order valence-electron chi connectivity index (χ1n) is 13.4. The van der Waals surface area contributed by atoms with Crippen molar-refractivity contribution in [3.63, 3.8) is 0 Å². The van der Waals surface area contributed by atoms with Gasteiger partial charge in [0.2, 0.25) is 6.29 Å². The smallest absolute Gasteiger partial charge is 0.290 e. The molecule has 1 aliphatic carbocycles. The van der Waals surface area contributed by atoms with Crippen LogP contribution >= 0.6 is 11.8 Å². The minimum atomic E-state index is -0.472. The highest BCUT2D eigenvalue weighted by molar-refractivity contribution is 8.01. The molecule has 3 unspecified atom stereocenters. The molecule has 192 valence electrons. The number of carbonyl (C=O) groups excluding carboxylic acids is 1. The Bertz CT molecular complexity index is 1030. The van der Waals surface area contributed by atoms with Crippen LogP contribution in [-0.2, 0) is 27.5 Å². The maximum atomic E-state index is 13.2. The van der Waals surface area contributed by atoms with Gasteiger partial charge in [0.15, 0.2) is 5.76 Å². The number of allylic oxidation sites excluding steroid dienone is 1. The van der Waals surface area contributed by atoms with Crippen LogP contribution in [0, 0.1) is 5.92 Å². The number of nitrogens with one attached hydrogen (secondary N) is 1. The minimum absolute atomic E-state index is 0.0276. The van der Waals surface area contributed by atoms with Gasteiger partial charge in [-0.1, -0.05) is 68.1 Å². The van der Waals surface area contributed by atoms with E-state index < -0.39 is 6.29 Å². The average molecular weight is 508 g/mol. The Balaban J connectivity index is 1.29. The fourth-order valence-corrected chi connectivity index (χ4v) is 7.74. The molecular formula is C30H37NO4S. The standard InChI is InChI=1S/C30H37NO4S/c32-20-22-10-12-23(13-11-22)21-34-28-19-24(27-14-17-30(36-27)15-6-1-2-7-16-30)18-26(35-28)29(33)31-25-8-4-3-5-9-25/h3-5,8-13,18,24,27-28,32H,1-2,6-7,14-17,19-21H2,(H,31,33). The number of amides is 1. The van der Waals surface area contributed by atoms with Gasteiger partial charge in [-0.3, -0.25) is 4.79 Å². The summed E-state index contributed by atoms with van der Waals surface area (Å²) in [5.74, 6) is 0.377. The zero-order chi connectivity index (χ0) is 24.8. The third kappa shape index (κ3) is 6.34. The molecule has 2 aliphatic heterocycles. The third-order valence-corrected chi connectivity index (χ3v) is 9.76. The summed E-state index contributed by atoms with van der Waals surface area (Å²) in [4.78, 5) is 13.2. The predicted octanol–water partition coefficient (Wildman–Crippen LogP) is 6.57. The molecule has 0 aromatic heterocycles. The van der Waals surface area contributed by atoms with Crippen LogP contribution in [0.1, 0.15) is 68.9 Å². The number of aliphatic hydroxyl groups is 1. The predicted molar refractivity (Wildman–Crippen MR) is 144 cm³/mol. The fourth-order valence-electron chi connectivity index (χ4n) is 5.73. The number of hydrogen-bond donors (Lipinski definition) is 2. The highest BCUT2D eigenvalue weighted by Crippen LogP contribution is 2.54. The second-order valence-corrected chi connectivity index (χ2v) is 12.1. The molecule has 3 atom stereocenters. The van der Waals surface area contributed by atoms with Crippen molar-refractivity contribution < 1.29 is 19.4 Å². The lowest BCUT2D eigenvalue weighted by molar-refractivity contribution is -0.150. The molecule has 1 saturated heterocycles. The SMILES string of the molecule is O=C(Nc1ccccc1)C1=CC(C2CCC3(CCCCCC3)S2)CC(OCc2ccc(CO)cc2)O1. The number of hydrogen-bond acceptors (Lipinski definition) is 5. The van der Waals surface area contributed by atoms with Gasteiger partial charge in [0.05, 0.1) is 13.2 Å². The van der Waals surface area contributed by atoms with Gasteiger partial charge < -0.3 is 19.9 Å². The molecule has 2 aromatic rings. The molecule has 2 aromatic carbocycles. The Morgan fingerprint density at radius 2 is 1.72 bits per heavy atom. The van der Waals surface area contributed by atoms with Gasteiger partial charge in [-0.05, 0) is 60.9 Å². The van der Waals surface area contributed by atoms with Crippen LogP contribution in [0.2, 0.25) is 0 Å². The summed E-state index contributed by atoms with van der Waals surface area (Å²) in [7, 11) is 0. The highest BCUT2D eigenvalue weighted by Gasteiger charge is 2.44. The van der Waals surface area contributed by atoms with Gasteiger partial charge in [-0.15, -0.1) is 0 Å². The molecule has 0 radical (unpaired) electrons. The molecule has 6 heteroatoms. The number of aliphatic hydroxyl groups excluding tert-OH is 1. The van der Waals surface area contributed by atoms with Gasteiger partial charge in [0.1, 0.15) is 0 Å². The first kappa shape index (κ1) is 25.4. The lowest BCUT2D eigenvalue weighted by atomic mass is 9.89. The number of rotatable bonds is 7. The third-order valence-electron chi connectivity index (χ3n) is 7.76. The average Bonchev–Trinajstić information content (AvgIpc) is 3.20. The molecule has 1 spiro atoms. The summed E-state index contributed by atoms with van der Waals surface area (Å²) in [5, 5.41) is 12.8. The van der Waals surface area contributed by atoms with E-state index in [2.05, 4.69) is 23.2 Å². The van der Waals surface area contributed by atoms with E-state index in [9.17, 15) is 9.90 Å². The number of benzene rings is 2. The van der Waals surface area contributed by atoms with E-state index >= 15 is 0 Å². The zero-order valence-electron chi connectivity index (χ0n) is 20.9. The van der Waals surface area contributed by atoms with E-state index in [-0.39, 0.29) is 18.4 Å². The Kier molecular flexibility index (Phi) is 8.35. The van der Waals surface area contributed by atoms with Crippen LogP contribution in [0.15, 0.2) is 66.4 Å². The summed E-state index contributed by atoms with van der Waals surface area (Å²) in [5.41, 5.74) is 2.65. The lowest BCUT2D eigenvalue weighted by Gasteiger charge is -2.33. The molecule has 1 saturated carbocycles. The summed E-state index contributed by atoms with van der Waals surface area (Å²) in [6.07, 6.45) is 12.9. The van der Waals surface area contributed by atoms with Gasteiger partial charge in [0.25, 0.3) is 5.91 Å². The zero-order valence-corrected chi connectivity index (χ0v) is 21.7. The molecule has 2 fully saturated rings. The van der Waals surface area contributed by atoms with Gasteiger partial charge in [-0.2, -0.15) is 11.8 Å². The molecule has 2 N–H and O–H groups in total. The Labute approximate surface area is 218 Å². The quantitative estimate of drug-likeness (QED) is 0.444. The minimum Gasteiger partial charge on any atom is -0.459 e. The maximum Gasteiger partial charge on any atom is 0.290 e. The molecule has 5 rings (SSSR count). The van der Waals surface area contributed by atoms with Crippen LogP contribution < -0.4 is 5.32 Å². The first-order valence-corrected chi connectivity index (χ1v) is 14.2. The van der Waals surface area contributed by atoms with E-state index in [0.29, 0.717) is 22.4 Å². The molecule has 36 heavy (non-hydrogen) atoms. The van der Waals surface area contributed by atoms with Crippen molar-refractivity contribution in [3.8, 4) is 0 Å². The van der Waals surface area contributed by atoms with Crippen molar-refractivity contribution in [2.45, 2.75) is 87.3 Å². The Morgan fingerprint density at radius 3 is 2.44 bits per heavy atom. The summed E-state index contributed by atoms with van der Waals surface area (Å²) >= 11 is 2.18. The van der Waals surface area contributed by atoms with Crippen molar-refractivity contribution >= 4 is 23.4 Å². The van der Waals surface area contributed by atoms with Crippen LogP contribution in [0.4, 0.5) is 5.69 Å². The topological polar surface area (TPSA) is 67.8 Å². The largest absolute Gasteiger partial charge is 0.459 e. The summed E-state index contributed by atoms with van der Waals surface area (Å²) in [6.45, 7) is 0.429. The molecule has 0 bridgehead atoms. The Hall–Kier alpha value is -2.28. The molecule has 1 amide bonds.